The Morgan fingerprint density at radius 1 is 0.486 bits per heavy atom. The zero-order valence-corrected chi connectivity index (χ0v) is 25.6. The summed E-state index contributed by atoms with van der Waals surface area (Å²) in [5, 5.41) is 0. The summed E-state index contributed by atoms with van der Waals surface area (Å²) < 4.78 is 1.37. The van der Waals surface area contributed by atoms with Gasteiger partial charge in [-0.3, -0.25) is 0 Å². The fraction of sp³-hybridized carbons (Fsp3) is 0.882. The van der Waals surface area contributed by atoms with Gasteiger partial charge < -0.3 is 4.48 Å². The fourth-order valence-corrected chi connectivity index (χ4v) is 5.33. The second kappa shape index (κ2) is 25.1. The quantitative estimate of drug-likeness (QED) is 0.0642. The van der Waals surface area contributed by atoms with Crippen molar-refractivity contribution >= 4 is 0 Å². The van der Waals surface area contributed by atoms with Crippen molar-refractivity contribution in [3.63, 3.8) is 0 Å². The van der Waals surface area contributed by atoms with E-state index in [2.05, 4.69) is 53.7 Å². The first-order chi connectivity index (χ1) is 17.0. The highest BCUT2D eigenvalue weighted by Gasteiger charge is 2.25. The van der Waals surface area contributed by atoms with Gasteiger partial charge in [0.25, 0.3) is 0 Å². The number of nitrogens with zero attached hydrogens (tertiary/aromatic N) is 1. The van der Waals surface area contributed by atoms with Crippen LogP contribution in [0.1, 0.15) is 170 Å². The SMILES string of the molecule is CCCCCCCC[N+](C/C=C(\C)CCC=C(C)C)(CCCCCCCC)CCCCCCCC. The minimum absolute atomic E-state index is 1.21. The molecule has 0 N–H and O–H groups in total. The Bertz CT molecular complexity index is 456. The van der Waals surface area contributed by atoms with Gasteiger partial charge >= 0.3 is 0 Å². The lowest BCUT2D eigenvalue weighted by atomic mass is 10.0. The van der Waals surface area contributed by atoms with E-state index in [1.807, 2.05) is 0 Å². The third-order valence-electron chi connectivity index (χ3n) is 7.88. The molecule has 0 aliphatic rings. The van der Waals surface area contributed by atoms with Crippen molar-refractivity contribution in [2.45, 2.75) is 170 Å². The molecule has 0 bridgehead atoms. The highest BCUT2D eigenvalue weighted by atomic mass is 15.3. The van der Waals surface area contributed by atoms with Crippen LogP contribution >= 0.6 is 0 Å². The van der Waals surface area contributed by atoms with Crippen molar-refractivity contribution in [2.24, 2.45) is 0 Å². The maximum Gasteiger partial charge on any atom is 0.0976 e. The Morgan fingerprint density at radius 3 is 1.23 bits per heavy atom. The van der Waals surface area contributed by atoms with Crippen molar-refractivity contribution in [1.29, 1.82) is 0 Å². The molecule has 0 aromatic carbocycles. The number of rotatable bonds is 26. The summed E-state index contributed by atoms with van der Waals surface area (Å²) in [6.07, 6.45) is 33.1. The lowest BCUT2D eigenvalue weighted by Crippen LogP contribution is -2.50. The van der Waals surface area contributed by atoms with E-state index in [0.717, 1.165) is 0 Å². The van der Waals surface area contributed by atoms with Crippen LogP contribution in [-0.2, 0) is 0 Å². The summed E-state index contributed by atoms with van der Waals surface area (Å²) in [6, 6.07) is 0. The predicted octanol–water partition coefficient (Wildman–Crippen LogP) is 11.6. The molecule has 0 radical (unpaired) electrons. The zero-order chi connectivity index (χ0) is 26.0. The van der Waals surface area contributed by atoms with Gasteiger partial charge in [-0.2, -0.15) is 0 Å². The molecule has 0 amide bonds. The molecule has 0 aromatic rings. The highest BCUT2D eigenvalue weighted by Crippen LogP contribution is 2.20. The van der Waals surface area contributed by atoms with Gasteiger partial charge in [0.1, 0.15) is 0 Å². The first-order valence-corrected chi connectivity index (χ1v) is 16.1. The predicted molar refractivity (Wildman–Crippen MR) is 162 cm³/mol. The second-order valence-electron chi connectivity index (χ2n) is 11.9. The summed E-state index contributed by atoms with van der Waals surface area (Å²) >= 11 is 0. The van der Waals surface area contributed by atoms with Gasteiger partial charge in [0, 0.05) is 0 Å². The van der Waals surface area contributed by atoms with Crippen molar-refractivity contribution in [3.8, 4) is 0 Å². The molecule has 0 atom stereocenters. The Hall–Kier alpha value is -0.560. The average Bonchev–Trinajstić information content (AvgIpc) is 2.84. The second-order valence-corrected chi connectivity index (χ2v) is 11.9. The van der Waals surface area contributed by atoms with E-state index in [-0.39, 0.29) is 0 Å². The van der Waals surface area contributed by atoms with Gasteiger partial charge in [-0.25, -0.2) is 0 Å². The monoisotopic (exact) mass is 491 g/mol. The summed E-state index contributed by atoms with van der Waals surface area (Å²) in [5.41, 5.74) is 3.07. The van der Waals surface area contributed by atoms with E-state index in [4.69, 9.17) is 0 Å². The Kier molecular flexibility index (Phi) is 24.7. The summed E-state index contributed by atoms with van der Waals surface area (Å²) in [6.45, 7) is 19.3. The molecule has 0 heterocycles. The van der Waals surface area contributed by atoms with Crippen LogP contribution in [-0.4, -0.2) is 30.7 Å². The van der Waals surface area contributed by atoms with Crippen molar-refractivity contribution in [2.75, 3.05) is 26.2 Å². The summed E-state index contributed by atoms with van der Waals surface area (Å²) in [5.74, 6) is 0. The summed E-state index contributed by atoms with van der Waals surface area (Å²) in [4.78, 5) is 0. The smallest absolute Gasteiger partial charge is 0.0976 e. The molecule has 0 saturated heterocycles. The van der Waals surface area contributed by atoms with Crippen LogP contribution in [0.2, 0.25) is 0 Å². The molecule has 0 fully saturated rings. The normalized spacial score (nSPS) is 12.3. The maximum atomic E-state index is 2.64. The Morgan fingerprint density at radius 2 is 0.857 bits per heavy atom. The van der Waals surface area contributed by atoms with E-state index < -0.39 is 0 Å². The van der Waals surface area contributed by atoms with E-state index in [1.54, 1.807) is 5.57 Å². The number of quaternary nitrogens is 1. The minimum atomic E-state index is 1.21. The van der Waals surface area contributed by atoms with Gasteiger partial charge in [0.05, 0.1) is 26.2 Å². The minimum Gasteiger partial charge on any atom is -0.320 e. The van der Waals surface area contributed by atoms with Gasteiger partial charge in [-0.1, -0.05) is 115 Å². The van der Waals surface area contributed by atoms with Crippen LogP contribution in [0.15, 0.2) is 23.3 Å². The third-order valence-corrected chi connectivity index (χ3v) is 7.88. The van der Waals surface area contributed by atoms with E-state index in [1.165, 1.54) is 165 Å². The number of unbranched alkanes of at least 4 members (excludes halogenated alkanes) is 15. The molecule has 0 spiro atoms. The highest BCUT2D eigenvalue weighted by molar-refractivity contribution is 5.02. The van der Waals surface area contributed by atoms with Gasteiger partial charge in [-0.05, 0) is 78.2 Å². The third kappa shape index (κ3) is 22.4. The molecule has 35 heavy (non-hydrogen) atoms. The number of hydrogen-bond acceptors (Lipinski definition) is 0. The number of hydrogen-bond donors (Lipinski definition) is 0. The Labute approximate surface area is 223 Å². The van der Waals surface area contributed by atoms with Crippen LogP contribution in [0, 0.1) is 0 Å². The van der Waals surface area contributed by atoms with Crippen molar-refractivity contribution < 1.29 is 4.48 Å². The molecule has 1 heteroatoms. The molecule has 0 rings (SSSR count). The molecule has 1 nitrogen and oxygen atoms in total. The molecule has 208 valence electrons. The van der Waals surface area contributed by atoms with Crippen molar-refractivity contribution in [3.05, 3.63) is 23.3 Å². The molecular weight excluding hydrogens is 422 g/mol. The first-order valence-electron chi connectivity index (χ1n) is 16.1. The van der Waals surface area contributed by atoms with Crippen LogP contribution in [0.25, 0.3) is 0 Å². The average molecular weight is 491 g/mol. The lowest BCUT2D eigenvalue weighted by molar-refractivity contribution is -0.923. The number of allylic oxidation sites excluding steroid dienone is 3. The standard InChI is InChI=1S/C34H68N/c1-7-10-13-16-19-22-29-35(30-23-20-17-14-11-8-2,31-24-21-18-15-12-9-3)32-28-34(6)27-25-26-33(4)5/h26,28H,7-25,27,29-32H2,1-6H3/q+1/b34-28+. The molecule has 0 unspecified atom stereocenters. The maximum absolute atomic E-state index is 2.64. The topological polar surface area (TPSA) is 0 Å². The fourth-order valence-electron chi connectivity index (χ4n) is 5.33. The first kappa shape index (κ1) is 34.4. The van der Waals surface area contributed by atoms with Crippen LogP contribution in [0.3, 0.4) is 0 Å². The van der Waals surface area contributed by atoms with Crippen LogP contribution in [0.5, 0.6) is 0 Å². The molecule has 0 saturated carbocycles. The molecule has 0 aromatic heterocycles. The molecule has 0 aliphatic heterocycles. The molecule has 0 aliphatic carbocycles. The van der Waals surface area contributed by atoms with E-state index >= 15 is 0 Å². The van der Waals surface area contributed by atoms with Gasteiger partial charge in [0.2, 0.25) is 0 Å². The zero-order valence-electron chi connectivity index (χ0n) is 25.6. The summed E-state index contributed by atoms with van der Waals surface area (Å²) in [7, 11) is 0. The van der Waals surface area contributed by atoms with Crippen LogP contribution < -0.4 is 0 Å². The molecular formula is C34H68N+. The Balaban J connectivity index is 5.12. The largest absolute Gasteiger partial charge is 0.320 e. The van der Waals surface area contributed by atoms with E-state index in [9.17, 15) is 0 Å². The van der Waals surface area contributed by atoms with Gasteiger partial charge in [0.15, 0.2) is 0 Å². The van der Waals surface area contributed by atoms with Crippen LogP contribution in [0.4, 0.5) is 0 Å². The lowest BCUT2D eigenvalue weighted by Gasteiger charge is -2.39. The van der Waals surface area contributed by atoms with E-state index in [0.29, 0.717) is 0 Å². The van der Waals surface area contributed by atoms with Gasteiger partial charge in [-0.15, -0.1) is 0 Å². The van der Waals surface area contributed by atoms with Crippen molar-refractivity contribution in [1.82, 2.24) is 0 Å².